The zero-order chi connectivity index (χ0) is 24.2. The summed E-state index contributed by atoms with van der Waals surface area (Å²) in [4.78, 5) is 36.6. The van der Waals surface area contributed by atoms with Crippen LogP contribution in [-0.2, 0) is 19.5 Å². The Morgan fingerprint density at radius 2 is 1.81 bits per heavy atom. The highest BCUT2D eigenvalue weighted by atomic mass is 16.2. The van der Waals surface area contributed by atoms with Crippen LogP contribution < -0.4 is 5.56 Å². The molecule has 6 nitrogen and oxygen atoms in total. The molecule has 1 saturated carbocycles. The predicted molar refractivity (Wildman–Crippen MR) is 140 cm³/mol. The quantitative estimate of drug-likeness (QED) is 0.564. The topological polar surface area (TPSA) is 58.4 Å². The van der Waals surface area contributed by atoms with Crippen LogP contribution in [0.15, 0.2) is 53.3 Å². The van der Waals surface area contributed by atoms with Gasteiger partial charge in [-0.25, -0.2) is 4.98 Å². The van der Waals surface area contributed by atoms with Gasteiger partial charge in [-0.2, -0.15) is 0 Å². The van der Waals surface area contributed by atoms with Gasteiger partial charge in [-0.1, -0.05) is 36.8 Å². The highest BCUT2D eigenvalue weighted by Crippen LogP contribution is 2.47. The first-order valence-corrected chi connectivity index (χ1v) is 13.8. The second kappa shape index (κ2) is 8.84. The fraction of sp³-hybridized carbons (Fsp3) is 0.500. The Kier molecular flexibility index (Phi) is 5.46. The summed E-state index contributed by atoms with van der Waals surface area (Å²) in [6.45, 7) is 4.84. The maximum absolute atomic E-state index is 13.8. The molecule has 1 aromatic heterocycles. The minimum Gasteiger partial charge on any atom is -0.335 e. The molecule has 4 aliphatic heterocycles. The van der Waals surface area contributed by atoms with Gasteiger partial charge in [0.15, 0.2) is 0 Å². The Labute approximate surface area is 211 Å². The third-order valence-corrected chi connectivity index (χ3v) is 9.33. The van der Waals surface area contributed by atoms with Gasteiger partial charge in [-0.05, 0) is 67.2 Å². The molecule has 2 aromatic carbocycles. The van der Waals surface area contributed by atoms with E-state index >= 15 is 0 Å². The second-order valence-electron chi connectivity index (χ2n) is 11.4. The Balaban J connectivity index is 1.14. The van der Waals surface area contributed by atoms with E-state index in [1.54, 1.807) is 0 Å². The van der Waals surface area contributed by atoms with Crippen LogP contribution in [0.1, 0.15) is 53.8 Å². The molecular formula is C30H34N4O2. The normalized spacial score (nSPS) is 27.6. The number of likely N-dealkylation sites (tertiary alicyclic amines) is 1. The average Bonchev–Trinajstić information content (AvgIpc) is 3.21. The van der Waals surface area contributed by atoms with E-state index in [0.29, 0.717) is 40.3 Å². The van der Waals surface area contributed by atoms with Crippen molar-refractivity contribution in [2.45, 2.75) is 57.7 Å². The summed E-state index contributed by atoms with van der Waals surface area (Å²) in [7, 11) is 0. The first-order valence-electron chi connectivity index (χ1n) is 13.8. The van der Waals surface area contributed by atoms with Gasteiger partial charge in [-0.3, -0.25) is 19.1 Å². The lowest BCUT2D eigenvalue weighted by Gasteiger charge is -2.52. The van der Waals surface area contributed by atoms with Gasteiger partial charge in [0.05, 0.1) is 10.9 Å². The number of nitrogens with zero attached hydrogens (tertiary/aromatic N) is 4. The summed E-state index contributed by atoms with van der Waals surface area (Å²) in [5, 5.41) is 0.629. The van der Waals surface area contributed by atoms with Crippen LogP contribution in [-0.4, -0.2) is 50.9 Å². The zero-order valence-electron chi connectivity index (χ0n) is 20.8. The van der Waals surface area contributed by atoms with Crippen LogP contribution >= 0.6 is 0 Å². The Hall–Kier alpha value is -2.99. The molecule has 3 saturated heterocycles. The number of hydrogen-bond acceptors (Lipinski definition) is 4. The van der Waals surface area contributed by atoms with E-state index in [0.717, 1.165) is 70.7 Å². The van der Waals surface area contributed by atoms with Crippen LogP contribution in [0.4, 0.5) is 0 Å². The van der Waals surface area contributed by atoms with Gasteiger partial charge < -0.3 is 4.90 Å². The van der Waals surface area contributed by atoms with Crippen molar-refractivity contribution in [1.82, 2.24) is 19.4 Å². The third kappa shape index (κ3) is 3.69. The van der Waals surface area contributed by atoms with Gasteiger partial charge >= 0.3 is 0 Å². The summed E-state index contributed by atoms with van der Waals surface area (Å²) in [6, 6.07) is 16.6. The fourth-order valence-electron chi connectivity index (χ4n) is 7.58. The third-order valence-electron chi connectivity index (χ3n) is 9.33. The van der Waals surface area contributed by atoms with E-state index in [1.807, 2.05) is 22.8 Å². The number of fused-ring (bicyclic) bond motifs is 4. The molecule has 5 aliphatic rings. The van der Waals surface area contributed by atoms with Gasteiger partial charge in [0.1, 0.15) is 5.82 Å². The summed E-state index contributed by atoms with van der Waals surface area (Å²) in [5.74, 6) is 2.83. The number of piperidine rings is 2. The molecule has 0 radical (unpaired) electrons. The van der Waals surface area contributed by atoms with E-state index < -0.39 is 0 Å². The van der Waals surface area contributed by atoms with Gasteiger partial charge in [0.25, 0.3) is 11.5 Å². The lowest BCUT2D eigenvalue weighted by molar-refractivity contribution is -0.0144. The molecule has 36 heavy (non-hydrogen) atoms. The molecule has 4 unspecified atom stereocenters. The van der Waals surface area contributed by atoms with Crippen molar-refractivity contribution in [3.8, 4) is 0 Å². The van der Waals surface area contributed by atoms with Crippen molar-refractivity contribution >= 4 is 16.8 Å². The summed E-state index contributed by atoms with van der Waals surface area (Å²) < 4.78 is 1.85. The smallest absolute Gasteiger partial charge is 0.261 e. The minimum absolute atomic E-state index is 0.0419. The van der Waals surface area contributed by atoms with Crippen LogP contribution in [0.2, 0.25) is 0 Å². The SMILES string of the molecule is O=C(c1ccc2c(=O)n3c(nc2c1)CCCCC3)N1CC2CCC1C1CN(Cc3ccccc3)CC21. The Morgan fingerprint density at radius 1 is 0.944 bits per heavy atom. The molecule has 0 spiro atoms. The molecular weight excluding hydrogens is 448 g/mol. The molecule has 8 rings (SSSR count). The first kappa shape index (κ1) is 22.2. The van der Waals surface area contributed by atoms with Crippen molar-refractivity contribution < 1.29 is 4.79 Å². The molecule has 3 aromatic rings. The molecule has 1 amide bonds. The van der Waals surface area contributed by atoms with Gasteiger partial charge in [-0.15, -0.1) is 0 Å². The monoisotopic (exact) mass is 482 g/mol. The zero-order valence-corrected chi connectivity index (χ0v) is 20.8. The second-order valence-corrected chi connectivity index (χ2v) is 11.4. The van der Waals surface area contributed by atoms with Crippen LogP contribution in [0.25, 0.3) is 10.9 Å². The molecule has 4 atom stereocenters. The molecule has 4 fully saturated rings. The van der Waals surface area contributed by atoms with E-state index in [4.69, 9.17) is 4.98 Å². The van der Waals surface area contributed by atoms with E-state index in [9.17, 15) is 9.59 Å². The Bertz CT molecular complexity index is 1370. The molecule has 2 bridgehead atoms. The van der Waals surface area contributed by atoms with Crippen molar-refractivity contribution in [2.24, 2.45) is 17.8 Å². The molecule has 6 heteroatoms. The lowest BCUT2D eigenvalue weighted by atomic mass is 9.66. The van der Waals surface area contributed by atoms with Crippen molar-refractivity contribution in [3.05, 3.63) is 75.8 Å². The predicted octanol–water partition coefficient (Wildman–Crippen LogP) is 4.11. The maximum Gasteiger partial charge on any atom is 0.261 e. The van der Waals surface area contributed by atoms with Crippen LogP contribution in [0.5, 0.6) is 0 Å². The summed E-state index contributed by atoms with van der Waals surface area (Å²) >= 11 is 0. The maximum atomic E-state index is 13.8. The number of carbonyl (C=O) groups is 1. The highest BCUT2D eigenvalue weighted by molar-refractivity contribution is 5.98. The average molecular weight is 483 g/mol. The summed E-state index contributed by atoms with van der Waals surface area (Å²) in [6.07, 6.45) is 6.40. The molecule has 186 valence electrons. The van der Waals surface area contributed by atoms with Gasteiger partial charge in [0.2, 0.25) is 0 Å². The summed E-state index contributed by atoms with van der Waals surface area (Å²) in [5.41, 5.74) is 2.76. The Morgan fingerprint density at radius 3 is 2.69 bits per heavy atom. The number of amides is 1. The molecule has 0 N–H and O–H groups in total. The first-order chi connectivity index (χ1) is 17.7. The standard InChI is InChI=1S/C30H34N4O2/c35-29(21-10-12-23-26(15-21)31-28-9-5-2-6-14-33(28)30(23)36)34-17-22-11-13-27(34)25-19-32(18-24(22)25)16-20-7-3-1-4-8-20/h1,3-4,7-8,10,12,15,22,24-25,27H,2,5-6,9,11,13-14,16-19H2. The van der Waals surface area contributed by atoms with Crippen molar-refractivity contribution in [3.63, 3.8) is 0 Å². The van der Waals surface area contributed by atoms with Gasteiger partial charge in [0, 0.05) is 50.7 Å². The largest absolute Gasteiger partial charge is 0.335 e. The van der Waals surface area contributed by atoms with Crippen molar-refractivity contribution in [2.75, 3.05) is 19.6 Å². The number of rotatable bonds is 3. The number of hydrogen-bond donors (Lipinski definition) is 0. The molecule has 1 aliphatic carbocycles. The van der Waals surface area contributed by atoms with E-state index in [2.05, 4.69) is 40.1 Å². The molecule has 5 heterocycles. The fourth-order valence-corrected chi connectivity index (χ4v) is 7.58. The number of aromatic nitrogens is 2. The number of benzene rings is 2. The number of aryl methyl sites for hydroxylation is 1. The van der Waals surface area contributed by atoms with E-state index in [1.165, 1.54) is 12.0 Å². The highest BCUT2D eigenvalue weighted by Gasteiger charge is 2.52. The van der Waals surface area contributed by atoms with E-state index in [-0.39, 0.29) is 11.5 Å². The van der Waals surface area contributed by atoms with Crippen molar-refractivity contribution in [1.29, 1.82) is 0 Å². The van der Waals surface area contributed by atoms with Crippen LogP contribution in [0, 0.1) is 17.8 Å². The lowest BCUT2D eigenvalue weighted by Crippen LogP contribution is -2.59. The minimum atomic E-state index is 0.0419. The van der Waals surface area contributed by atoms with Crippen LogP contribution in [0.3, 0.4) is 0 Å². The number of carbonyl (C=O) groups excluding carboxylic acids is 1.